The van der Waals surface area contributed by atoms with Crippen LogP contribution in [0, 0.1) is 0 Å². The van der Waals surface area contributed by atoms with Crippen LogP contribution in [-0.2, 0) is 9.53 Å². The number of esters is 1. The van der Waals surface area contributed by atoms with Crippen LogP contribution in [0.2, 0.25) is 0 Å². The minimum absolute atomic E-state index is 0.178. The van der Waals surface area contributed by atoms with Gasteiger partial charge in [-0.2, -0.15) is 8.78 Å². The van der Waals surface area contributed by atoms with E-state index < -0.39 is 11.9 Å². The third kappa shape index (κ3) is 3.17. The molecule has 58 valence electrons. The summed E-state index contributed by atoms with van der Waals surface area (Å²) in [5.74, 6) is -4.92. The van der Waals surface area contributed by atoms with Gasteiger partial charge in [-0.1, -0.05) is 12.7 Å². The van der Waals surface area contributed by atoms with Gasteiger partial charge in [-0.3, -0.25) is 0 Å². The topological polar surface area (TPSA) is 26.3 Å². The molecular weight excluding hydrogens is 142 g/mol. The molecule has 0 amide bonds. The highest BCUT2D eigenvalue weighted by atomic mass is 19.3. The zero-order chi connectivity index (χ0) is 8.20. The Kier molecular flexibility index (Phi) is 2.99. The molecule has 0 radical (unpaired) electrons. The lowest BCUT2D eigenvalue weighted by Crippen LogP contribution is -2.26. The Hall–Kier alpha value is -0.930. The number of carbonyl (C=O) groups excluding carboxylic acids is 1. The van der Waals surface area contributed by atoms with Crippen molar-refractivity contribution in [2.24, 2.45) is 0 Å². The molecule has 0 aliphatic heterocycles. The van der Waals surface area contributed by atoms with Crippen molar-refractivity contribution in [1.29, 1.82) is 0 Å². The number of rotatable bonds is 3. The molecule has 0 unspecified atom stereocenters. The first-order chi connectivity index (χ1) is 4.48. The zero-order valence-corrected chi connectivity index (χ0v) is 5.56. The summed E-state index contributed by atoms with van der Waals surface area (Å²) >= 11 is 0. The van der Waals surface area contributed by atoms with E-state index in [1.807, 2.05) is 0 Å². The molecule has 0 saturated heterocycles. The number of alkyl halides is 2. The van der Waals surface area contributed by atoms with Crippen molar-refractivity contribution >= 4 is 5.97 Å². The van der Waals surface area contributed by atoms with Crippen LogP contribution in [0.15, 0.2) is 12.7 Å². The SMILES string of the molecule is C=CCOC(=O)C(C)(F)F. The van der Waals surface area contributed by atoms with Gasteiger partial charge in [0.25, 0.3) is 0 Å². The van der Waals surface area contributed by atoms with Gasteiger partial charge < -0.3 is 4.74 Å². The quantitative estimate of drug-likeness (QED) is 0.448. The van der Waals surface area contributed by atoms with Gasteiger partial charge in [0.05, 0.1) is 0 Å². The number of hydrogen-bond donors (Lipinski definition) is 0. The standard InChI is InChI=1S/C6H8F2O2/c1-3-4-10-5(9)6(2,7)8/h3H,1,4H2,2H3. The minimum Gasteiger partial charge on any atom is -0.457 e. The molecular formula is C6H8F2O2. The smallest absolute Gasteiger partial charge is 0.376 e. The summed E-state index contributed by atoms with van der Waals surface area (Å²) in [6, 6.07) is 0. The number of ether oxygens (including phenoxy) is 1. The molecule has 4 heteroatoms. The van der Waals surface area contributed by atoms with Crippen molar-refractivity contribution in [3.8, 4) is 0 Å². The van der Waals surface area contributed by atoms with E-state index in [4.69, 9.17) is 0 Å². The first-order valence-electron chi connectivity index (χ1n) is 2.64. The predicted octanol–water partition coefficient (Wildman–Crippen LogP) is 1.37. The van der Waals surface area contributed by atoms with Gasteiger partial charge in [-0.25, -0.2) is 4.79 Å². The van der Waals surface area contributed by atoms with Gasteiger partial charge in [0.1, 0.15) is 6.61 Å². The van der Waals surface area contributed by atoms with Crippen LogP contribution in [0.3, 0.4) is 0 Å². The normalized spacial score (nSPS) is 10.7. The van der Waals surface area contributed by atoms with Crippen molar-refractivity contribution in [1.82, 2.24) is 0 Å². The van der Waals surface area contributed by atoms with Crippen LogP contribution < -0.4 is 0 Å². The minimum atomic E-state index is -3.40. The second kappa shape index (κ2) is 3.29. The Balaban J connectivity index is 3.74. The van der Waals surface area contributed by atoms with Gasteiger partial charge in [0, 0.05) is 6.92 Å². The number of halogens is 2. The van der Waals surface area contributed by atoms with E-state index in [0.717, 1.165) is 0 Å². The van der Waals surface area contributed by atoms with Crippen LogP contribution in [0.1, 0.15) is 6.92 Å². The van der Waals surface area contributed by atoms with E-state index >= 15 is 0 Å². The zero-order valence-electron chi connectivity index (χ0n) is 5.56. The van der Waals surface area contributed by atoms with E-state index in [2.05, 4.69) is 11.3 Å². The fourth-order valence-corrected chi connectivity index (χ4v) is 0.261. The van der Waals surface area contributed by atoms with Gasteiger partial charge in [0.15, 0.2) is 0 Å². The Morgan fingerprint density at radius 2 is 2.30 bits per heavy atom. The molecule has 0 N–H and O–H groups in total. The van der Waals surface area contributed by atoms with E-state index in [9.17, 15) is 13.6 Å². The summed E-state index contributed by atoms with van der Waals surface area (Å²) < 4.78 is 27.9. The van der Waals surface area contributed by atoms with Crippen molar-refractivity contribution in [3.63, 3.8) is 0 Å². The second-order valence-electron chi connectivity index (χ2n) is 1.78. The first-order valence-corrected chi connectivity index (χ1v) is 2.64. The van der Waals surface area contributed by atoms with Crippen LogP contribution in [-0.4, -0.2) is 18.5 Å². The van der Waals surface area contributed by atoms with Crippen LogP contribution in [0.25, 0.3) is 0 Å². The lowest BCUT2D eigenvalue weighted by molar-refractivity contribution is -0.167. The molecule has 0 atom stereocenters. The summed E-state index contributed by atoms with van der Waals surface area (Å²) in [5, 5.41) is 0. The molecule has 0 heterocycles. The summed E-state index contributed by atoms with van der Waals surface area (Å²) in [4.78, 5) is 10.2. The second-order valence-corrected chi connectivity index (χ2v) is 1.78. The van der Waals surface area contributed by atoms with Crippen molar-refractivity contribution < 1.29 is 18.3 Å². The van der Waals surface area contributed by atoms with E-state index in [1.165, 1.54) is 6.08 Å². The largest absolute Gasteiger partial charge is 0.457 e. The van der Waals surface area contributed by atoms with E-state index in [0.29, 0.717) is 6.92 Å². The maximum atomic E-state index is 11.9. The molecule has 0 saturated carbocycles. The number of hydrogen-bond acceptors (Lipinski definition) is 2. The van der Waals surface area contributed by atoms with Crippen LogP contribution in [0.4, 0.5) is 8.78 Å². The molecule has 0 rings (SSSR count). The lowest BCUT2D eigenvalue weighted by Gasteiger charge is -2.07. The molecule has 0 aliphatic carbocycles. The van der Waals surface area contributed by atoms with Gasteiger partial charge in [-0.15, -0.1) is 0 Å². The summed E-state index contributed by atoms with van der Waals surface area (Å²) in [5.41, 5.74) is 0. The van der Waals surface area contributed by atoms with Gasteiger partial charge in [-0.05, 0) is 0 Å². The molecule has 0 bridgehead atoms. The highest BCUT2D eigenvalue weighted by Crippen LogP contribution is 2.12. The molecule has 2 nitrogen and oxygen atoms in total. The number of carbonyl (C=O) groups is 1. The predicted molar refractivity (Wildman–Crippen MR) is 31.8 cm³/mol. The van der Waals surface area contributed by atoms with E-state index in [-0.39, 0.29) is 6.61 Å². The monoisotopic (exact) mass is 150 g/mol. The fraction of sp³-hybridized carbons (Fsp3) is 0.500. The highest BCUT2D eigenvalue weighted by Gasteiger charge is 2.33. The fourth-order valence-electron chi connectivity index (χ4n) is 0.261. The third-order valence-electron chi connectivity index (χ3n) is 0.691. The lowest BCUT2D eigenvalue weighted by atomic mass is 10.4. The molecule has 0 aromatic carbocycles. The third-order valence-corrected chi connectivity index (χ3v) is 0.691. The first kappa shape index (κ1) is 9.07. The highest BCUT2D eigenvalue weighted by molar-refractivity contribution is 5.76. The van der Waals surface area contributed by atoms with Crippen LogP contribution >= 0.6 is 0 Å². The average Bonchev–Trinajstić information content (AvgIpc) is 1.80. The Morgan fingerprint density at radius 1 is 1.80 bits per heavy atom. The Morgan fingerprint density at radius 3 is 2.60 bits per heavy atom. The van der Waals surface area contributed by atoms with Gasteiger partial charge in [0.2, 0.25) is 0 Å². The molecule has 0 aromatic rings. The van der Waals surface area contributed by atoms with Crippen LogP contribution in [0.5, 0.6) is 0 Å². The van der Waals surface area contributed by atoms with Crippen molar-refractivity contribution in [3.05, 3.63) is 12.7 Å². The molecule has 0 aliphatic rings. The van der Waals surface area contributed by atoms with E-state index in [1.54, 1.807) is 0 Å². The molecule has 0 aromatic heterocycles. The molecule has 0 spiro atoms. The van der Waals surface area contributed by atoms with Crippen molar-refractivity contribution in [2.45, 2.75) is 12.8 Å². The summed E-state index contributed by atoms with van der Waals surface area (Å²) in [7, 11) is 0. The summed E-state index contributed by atoms with van der Waals surface area (Å²) in [6.07, 6.45) is 1.23. The Bertz CT molecular complexity index is 137. The van der Waals surface area contributed by atoms with Gasteiger partial charge >= 0.3 is 11.9 Å². The van der Waals surface area contributed by atoms with Crippen molar-refractivity contribution in [2.75, 3.05) is 6.61 Å². The summed E-state index contributed by atoms with van der Waals surface area (Å²) in [6.45, 7) is 3.50. The maximum absolute atomic E-state index is 11.9. The molecule has 10 heavy (non-hydrogen) atoms. The average molecular weight is 150 g/mol. The Labute approximate surface area is 57.5 Å². The maximum Gasteiger partial charge on any atom is 0.376 e. The molecule has 0 fully saturated rings.